The Balaban J connectivity index is 1.16. The van der Waals surface area contributed by atoms with Gasteiger partial charge >= 0.3 is 6.18 Å². The molecule has 14 nitrogen and oxygen atoms in total. The number of carbonyl (C=O) groups excluding carboxylic acids is 2. The van der Waals surface area contributed by atoms with E-state index < -0.39 is 29.1 Å². The molecule has 8 rings (SSSR count). The molecule has 0 atom stereocenters. The van der Waals surface area contributed by atoms with E-state index in [4.69, 9.17) is 9.72 Å². The first kappa shape index (κ1) is 34.3. The maximum atomic E-state index is 14.4. The molecule has 3 aliphatic rings. The molecule has 1 aliphatic carbocycles. The number of fused-ring (bicyclic) bond motifs is 3. The highest BCUT2D eigenvalue weighted by Crippen LogP contribution is 2.41. The van der Waals surface area contributed by atoms with Crippen LogP contribution in [0.15, 0.2) is 41.5 Å². The Hall–Kier alpha value is -5.84. The number of benzene rings is 2. The first-order valence-corrected chi connectivity index (χ1v) is 17.2. The monoisotopic (exact) mass is 729 g/mol. The first-order valence-electron chi connectivity index (χ1n) is 17.2. The van der Waals surface area contributed by atoms with E-state index in [1.54, 1.807) is 16.4 Å². The van der Waals surface area contributed by atoms with Crippen molar-refractivity contribution >= 4 is 29.0 Å². The summed E-state index contributed by atoms with van der Waals surface area (Å²) in [5, 5.41) is 17.9. The topological polar surface area (TPSA) is 160 Å². The van der Waals surface area contributed by atoms with Gasteiger partial charge in [-0.1, -0.05) is 25.1 Å². The molecule has 2 aromatic carbocycles. The highest BCUT2D eigenvalue weighted by molar-refractivity contribution is 5.95. The van der Waals surface area contributed by atoms with E-state index in [-0.39, 0.29) is 79.1 Å². The van der Waals surface area contributed by atoms with Gasteiger partial charge in [0, 0.05) is 37.4 Å². The summed E-state index contributed by atoms with van der Waals surface area (Å²) in [5.74, 6) is -0.868. The maximum absolute atomic E-state index is 14.4. The van der Waals surface area contributed by atoms with Crippen LogP contribution in [-0.2, 0) is 54.7 Å². The van der Waals surface area contributed by atoms with Gasteiger partial charge in [-0.15, -0.1) is 5.10 Å². The number of piperazine rings is 1. The van der Waals surface area contributed by atoms with Crippen molar-refractivity contribution in [1.82, 2.24) is 34.0 Å². The predicted octanol–water partition coefficient (Wildman–Crippen LogP) is 3.67. The smallest absolute Gasteiger partial charge is 0.416 e. The van der Waals surface area contributed by atoms with Gasteiger partial charge in [-0.3, -0.25) is 14.4 Å². The van der Waals surface area contributed by atoms with E-state index in [2.05, 4.69) is 20.4 Å². The van der Waals surface area contributed by atoms with Crippen molar-refractivity contribution in [3.8, 4) is 17.1 Å². The van der Waals surface area contributed by atoms with Crippen molar-refractivity contribution in [2.75, 3.05) is 36.4 Å². The molecule has 1 fully saturated rings. The van der Waals surface area contributed by atoms with Gasteiger partial charge in [-0.2, -0.15) is 22.7 Å². The fourth-order valence-corrected chi connectivity index (χ4v) is 7.42. The summed E-state index contributed by atoms with van der Waals surface area (Å²) >= 11 is 0. The highest BCUT2D eigenvalue weighted by Gasteiger charge is 2.37. The molecule has 5 heterocycles. The summed E-state index contributed by atoms with van der Waals surface area (Å²) in [7, 11) is 0. The van der Waals surface area contributed by atoms with E-state index in [0.717, 1.165) is 17.2 Å². The molecule has 0 radical (unpaired) electrons. The lowest BCUT2D eigenvalue weighted by Crippen LogP contribution is -2.51. The van der Waals surface area contributed by atoms with Crippen molar-refractivity contribution in [2.45, 2.75) is 59.0 Å². The zero-order valence-corrected chi connectivity index (χ0v) is 28.8. The number of nitrogens with zero attached hydrogens (tertiary/aromatic N) is 8. The zero-order chi connectivity index (χ0) is 37.2. The molecule has 0 saturated carbocycles. The standard InChI is InChI=1S/C36H34F3N9O5/c1-3-27-30(45-11-13-46(14-12-45)33(51)29-31(50)19(2)40-18-41-29)34(52)48-35(43-32(44-48)23-6-4-5-20-16-53-17-24(20)23)47(27)15-28(49)42-26-10-9-25(36(37,38)39)21-7-8-22(21)26/h4-6,9-10,18,50H,3,7-8,11-17H2,1-2H3,(H,42,49). The minimum atomic E-state index is -4.49. The summed E-state index contributed by atoms with van der Waals surface area (Å²) < 4.78 is 49.2. The van der Waals surface area contributed by atoms with Gasteiger partial charge in [0.15, 0.2) is 17.3 Å². The second-order valence-electron chi connectivity index (χ2n) is 13.2. The second-order valence-corrected chi connectivity index (χ2v) is 13.2. The normalized spacial score (nSPS) is 15.3. The van der Waals surface area contributed by atoms with E-state index in [1.807, 2.05) is 30.0 Å². The zero-order valence-electron chi connectivity index (χ0n) is 28.8. The van der Waals surface area contributed by atoms with Crippen LogP contribution in [0.25, 0.3) is 17.2 Å². The van der Waals surface area contributed by atoms with Gasteiger partial charge in [-0.25, -0.2) is 9.97 Å². The molecule has 2 amide bonds. The van der Waals surface area contributed by atoms with Gasteiger partial charge in [0.05, 0.1) is 30.2 Å². The Kier molecular flexibility index (Phi) is 8.39. The van der Waals surface area contributed by atoms with E-state index in [0.29, 0.717) is 48.6 Å². The number of aromatic nitrogens is 6. The largest absolute Gasteiger partial charge is 0.504 e. The van der Waals surface area contributed by atoms with Crippen LogP contribution in [0.5, 0.6) is 5.75 Å². The number of alkyl halides is 3. The number of anilines is 2. The van der Waals surface area contributed by atoms with Crippen LogP contribution < -0.4 is 15.8 Å². The molecule has 0 unspecified atom stereocenters. The summed E-state index contributed by atoms with van der Waals surface area (Å²) in [4.78, 5) is 57.5. The molecule has 17 heteroatoms. The summed E-state index contributed by atoms with van der Waals surface area (Å²) in [6, 6.07) is 7.93. The van der Waals surface area contributed by atoms with E-state index in [9.17, 15) is 32.7 Å². The summed E-state index contributed by atoms with van der Waals surface area (Å²) in [5.41, 5.74) is 3.34. The molecule has 2 aliphatic heterocycles. The number of carbonyl (C=O) groups is 2. The third-order valence-corrected chi connectivity index (χ3v) is 10.2. The van der Waals surface area contributed by atoms with Crippen LogP contribution in [0.3, 0.4) is 0 Å². The number of aromatic hydroxyl groups is 1. The van der Waals surface area contributed by atoms with Crippen molar-refractivity contribution in [1.29, 1.82) is 0 Å². The molecule has 5 aromatic rings. The number of rotatable bonds is 7. The quantitative estimate of drug-likeness (QED) is 0.253. The number of ether oxygens (including phenoxy) is 1. The third kappa shape index (κ3) is 5.84. The molecule has 1 saturated heterocycles. The summed E-state index contributed by atoms with van der Waals surface area (Å²) in [6.45, 7) is 4.81. The maximum Gasteiger partial charge on any atom is 0.416 e. The minimum Gasteiger partial charge on any atom is -0.504 e. The number of hydrogen-bond acceptors (Lipinski definition) is 10. The molecular formula is C36H34F3N9O5. The average molecular weight is 730 g/mol. The van der Waals surface area contributed by atoms with Crippen LogP contribution in [0.1, 0.15) is 56.6 Å². The van der Waals surface area contributed by atoms with Gasteiger partial charge in [-0.05, 0) is 60.6 Å². The van der Waals surface area contributed by atoms with Gasteiger partial charge < -0.3 is 29.5 Å². The molecule has 274 valence electrons. The number of hydrogen-bond donors (Lipinski definition) is 2. The van der Waals surface area contributed by atoms with Crippen LogP contribution in [-0.4, -0.2) is 77.1 Å². The molecule has 3 aromatic heterocycles. The molecular weight excluding hydrogens is 695 g/mol. The Morgan fingerprint density at radius 2 is 1.77 bits per heavy atom. The average Bonchev–Trinajstić information content (AvgIpc) is 3.79. The summed E-state index contributed by atoms with van der Waals surface area (Å²) in [6.07, 6.45) is -2.29. The highest BCUT2D eigenvalue weighted by atomic mass is 19.4. The fraction of sp³-hybridized carbons (Fsp3) is 0.361. The van der Waals surface area contributed by atoms with Crippen molar-refractivity contribution in [2.24, 2.45) is 0 Å². The van der Waals surface area contributed by atoms with Gasteiger partial charge in [0.25, 0.3) is 11.5 Å². The van der Waals surface area contributed by atoms with Crippen LogP contribution in [0.4, 0.5) is 24.5 Å². The SMILES string of the molecule is CCc1c(N2CCN(C(=O)c3ncnc(C)c3O)CC2)c(=O)n2nc(-c3cccc4c3COC4)nc2n1CC(=O)Nc1ccc(C(F)(F)F)c2c1CC2. The lowest BCUT2D eigenvalue weighted by molar-refractivity contribution is -0.138. The first-order chi connectivity index (χ1) is 25.4. The Morgan fingerprint density at radius 3 is 2.49 bits per heavy atom. The van der Waals surface area contributed by atoms with Crippen molar-refractivity contribution < 1.29 is 32.6 Å². The van der Waals surface area contributed by atoms with Gasteiger partial charge in [0.1, 0.15) is 18.6 Å². The second kappa shape index (κ2) is 13.0. The van der Waals surface area contributed by atoms with Gasteiger partial charge in [0.2, 0.25) is 11.7 Å². The van der Waals surface area contributed by atoms with E-state index >= 15 is 0 Å². The van der Waals surface area contributed by atoms with Crippen LogP contribution in [0.2, 0.25) is 0 Å². The number of amides is 2. The molecule has 53 heavy (non-hydrogen) atoms. The van der Waals surface area contributed by atoms with Crippen molar-refractivity contribution in [3.63, 3.8) is 0 Å². The number of aryl methyl sites for hydroxylation is 1. The van der Waals surface area contributed by atoms with Crippen molar-refractivity contribution in [3.05, 3.63) is 91.9 Å². The minimum absolute atomic E-state index is 0.106. The fourth-order valence-electron chi connectivity index (χ4n) is 7.42. The Morgan fingerprint density at radius 1 is 1.00 bits per heavy atom. The van der Waals surface area contributed by atoms with Crippen LogP contribution >= 0.6 is 0 Å². The number of nitrogens with one attached hydrogen (secondary N) is 1. The predicted molar refractivity (Wildman–Crippen MR) is 185 cm³/mol. The lowest BCUT2D eigenvalue weighted by Gasteiger charge is -2.36. The third-order valence-electron chi connectivity index (χ3n) is 10.2. The molecule has 0 bridgehead atoms. The Labute approximate surface area is 299 Å². The molecule has 2 N–H and O–H groups in total. The number of halogens is 3. The Bertz CT molecular complexity index is 2380. The lowest BCUT2D eigenvalue weighted by atomic mass is 9.83. The van der Waals surface area contributed by atoms with E-state index in [1.165, 1.54) is 16.9 Å². The van der Waals surface area contributed by atoms with Crippen LogP contribution in [0, 0.1) is 6.92 Å². The molecule has 0 spiro atoms.